The molecule has 2 rings (SSSR count). The largest absolute Gasteiger partial charge is 0.324 e. The van der Waals surface area contributed by atoms with Gasteiger partial charge in [-0.15, -0.1) is 6.58 Å². The lowest BCUT2D eigenvalue weighted by atomic mass is 10.1. The molecule has 0 saturated carbocycles. The van der Waals surface area contributed by atoms with E-state index in [1.165, 1.54) is 11.1 Å². The van der Waals surface area contributed by atoms with Gasteiger partial charge in [-0.2, -0.15) is 0 Å². The summed E-state index contributed by atoms with van der Waals surface area (Å²) < 4.78 is 2.27. The number of fused-ring (bicyclic) bond motifs is 1. The quantitative estimate of drug-likeness (QED) is 0.783. The van der Waals surface area contributed by atoms with Gasteiger partial charge in [0.1, 0.15) is 5.82 Å². The number of benzene rings is 1. The van der Waals surface area contributed by atoms with Crippen molar-refractivity contribution in [2.45, 2.75) is 46.2 Å². The minimum atomic E-state index is 0.513. The molecule has 20 heavy (non-hydrogen) atoms. The number of allylic oxidation sites excluding steroid dienone is 1. The van der Waals surface area contributed by atoms with E-state index >= 15 is 0 Å². The summed E-state index contributed by atoms with van der Waals surface area (Å²) >= 11 is 0. The highest BCUT2D eigenvalue weighted by Gasteiger charge is 2.10. The summed E-state index contributed by atoms with van der Waals surface area (Å²) in [6.45, 7) is 12.1. The van der Waals surface area contributed by atoms with E-state index in [1.54, 1.807) is 0 Å². The van der Waals surface area contributed by atoms with Crippen LogP contribution in [-0.2, 0) is 19.4 Å². The summed E-state index contributed by atoms with van der Waals surface area (Å²) in [4.78, 5) is 4.81. The number of nitrogens with one attached hydrogen (secondary N) is 1. The topological polar surface area (TPSA) is 29.9 Å². The van der Waals surface area contributed by atoms with Crippen LogP contribution in [0.4, 0.5) is 0 Å². The average molecular weight is 271 g/mol. The van der Waals surface area contributed by atoms with Crippen molar-refractivity contribution in [1.29, 1.82) is 0 Å². The van der Waals surface area contributed by atoms with Gasteiger partial charge < -0.3 is 9.88 Å². The fraction of sp³-hybridized carbons (Fsp3) is 0.471. The highest BCUT2D eigenvalue weighted by molar-refractivity contribution is 5.77. The maximum Gasteiger partial charge on any atom is 0.111 e. The molecule has 0 aliphatic heterocycles. The van der Waals surface area contributed by atoms with Crippen LogP contribution in [0.25, 0.3) is 11.0 Å². The molecule has 0 radical (unpaired) electrons. The van der Waals surface area contributed by atoms with Crippen molar-refractivity contribution in [2.75, 3.05) is 6.54 Å². The fourth-order valence-corrected chi connectivity index (χ4v) is 2.44. The monoisotopic (exact) mass is 271 g/mol. The first-order valence-corrected chi connectivity index (χ1v) is 7.48. The minimum Gasteiger partial charge on any atom is -0.324 e. The molecule has 3 nitrogen and oxygen atoms in total. The number of hydrogen-bond acceptors (Lipinski definition) is 2. The first-order chi connectivity index (χ1) is 9.65. The van der Waals surface area contributed by atoms with Crippen LogP contribution < -0.4 is 5.32 Å². The van der Waals surface area contributed by atoms with Crippen LogP contribution in [-0.4, -0.2) is 22.1 Å². The van der Waals surface area contributed by atoms with Gasteiger partial charge in [0.25, 0.3) is 0 Å². The van der Waals surface area contributed by atoms with Crippen molar-refractivity contribution >= 4 is 11.0 Å². The molecule has 0 saturated heterocycles. The molecule has 3 heteroatoms. The van der Waals surface area contributed by atoms with Crippen molar-refractivity contribution in [3.63, 3.8) is 0 Å². The second-order valence-electron chi connectivity index (χ2n) is 5.46. The van der Waals surface area contributed by atoms with Crippen molar-refractivity contribution in [2.24, 2.45) is 0 Å². The van der Waals surface area contributed by atoms with E-state index in [-0.39, 0.29) is 0 Å². The zero-order chi connectivity index (χ0) is 14.5. The van der Waals surface area contributed by atoms with Crippen molar-refractivity contribution in [3.8, 4) is 0 Å². The Balaban J connectivity index is 2.31. The molecule has 0 aliphatic rings. The third kappa shape index (κ3) is 3.28. The smallest absolute Gasteiger partial charge is 0.111 e. The van der Waals surface area contributed by atoms with Crippen LogP contribution in [0.3, 0.4) is 0 Å². The molecule has 0 unspecified atom stereocenters. The van der Waals surface area contributed by atoms with Gasteiger partial charge in [0.2, 0.25) is 0 Å². The van der Waals surface area contributed by atoms with E-state index in [4.69, 9.17) is 4.98 Å². The molecule has 0 atom stereocenters. The molecule has 1 N–H and O–H groups in total. The summed E-state index contributed by atoms with van der Waals surface area (Å²) in [6.07, 6.45) is 3.94. The van der Waals surface area contributed by atoms with E-state index in [9.17, 15) is 0 Å². The van der Waals surface area contributed by atoms with Gasteiger partial charge >= 0.3 is 0 Å². The highest BCUT2D eigenvalue weighted by atomic mass is 15.1. The number of aromatic nitrogens is 2. The van der Waals surface area contributed by atoms with Gasteiger partial charge in [-0.3, -0.25) is 0 Å². The van der Waals surface area contributed by atoms with Crippen molar-refractivity contribution in [3.05, 3.63) is 42.2 Å². The predicted molar refractivity (Wildman–Crippen MR) is 86.2 cm³/mol. The van der Waals surface area contributed by atoms with Gasteiger partial charge in [-0.25, -0.2) is 4.98 Å². The number of aryl methyl sites for hydroxylation is 1. The molecule has 0 aliphatic carbocycles. The first-order valence-electron chi connectivity index (χ1n) is 7.48. The molecule has 0 spiro atoms. The maximum atomic E-state index is 4.81. The fourth-order valence-electron chi connectivity index (χ4n) is 2.44. The van der Waals surface area contributed by atoms with Crippen LogP contribution in [0, 0.1) is 0 Å². The van der Waals surface area contributed by atoms with Crippen LogP contribution in [0.15, 0.2) is 30.9 Å². The molecule has 1 aromatic carbocycles. The first kappa shape index (κ1) is 14.8. The van der Waals surface area contributed by atoms with Gasteiger partial charge in [-0.1, -0.05) is 32.9 Å². The van der Waals surface area contributed by atoms with E-state index in [1.807, 2.05) is 6.08 Å². The normalized spacial score (nSPS) is 11.4. The Morgan fingerprint density at radius 1 is 1.40 bits per heavy atom. The lowest BCUT2D eigenvalue weighted by Gasteiger charge is -2.09. The van der Waals surface area contributed by atoms with Crippen LogP contribution in [0.1, 0.15) is 32.2 Å². The van der Waals surface area contributed by atoms with E-state index < -0.39 is 0 Å². The highest BCUT2D eigenvalue weighted by Crippen LogP contribution is 2.19. The molecular weight excluding hydrogens is 246 g/mol. The van der Waals surface area contributed by atoms with Crippen LogP contribution >= 0.6 is 0 Å². The van der Waals surface area contributed by atoms with Crippen molar-refractivity contribution < 1.29 is 0 Å². The molecule has 0 fully saturated rings. The van der Waals surface area contributed by atoms with Gasteiger partial charge in [-0.05, 0) is 24.1 Å². The average Bonchev–Trinajstić information content (AvgIpc) is 2.76. The SMILES string of the molecule is C=CCn1c(CCNC(C)C)nc2cc(CC)ccc21. The van der Waals surface area contributed by atoms with Gasteiger partial charge in [0.05, 0.1) is 11.0 Å². The second-order valence-corrected chi connectivity index (χ2v) is 5.46. The summed E-state index contributed by atoms with van der Waals surface area (Å²) in [6, 6.07) is 7.09. The molecule has 0 bridgehead atoms. The second kappa shape index (κ2) is 6.71. The molecule has 0 amide bonds. The van der Waals surface area contributed by atoms with E-state index in [2.05, 4.69) is 55.4 Å². The standard InChI is InChI=1S/C17H25N3/c1-5-11-20-16-8-7-14(6-2)12-15(16)19-17(20)9-10-18-13(3)4/h5,7-8,12-13,18H,1,6,9-11H2,2-4H3. The zero-order valence-electron chi connectivity index (χ0n) is 12.8. The lowest BCUT2D eigenvalue weighted by molar-refractivity contribution is 0.576. The summed E-state index contributed by atoms with van der Waals surface area (Å²) in [5, 5.41) is 3.45. The number of imidazole rings is 1. The number of nitrogens with zero attached hydrogens (tertiary/aromatic N) is 2. The Bertz CT molecular complexity index is 581. The molecule has 108 valence electrons. The summed E-state index contributed by atoms with van der Waals surface area (Å²) in [7, 11) is 0. The maximum absolute atomic E-state index is 4.81. The summed E-state index contributed by atoms with van der Waals surface area (Å²) in [5.74, 6) is 1.14. The van der Waals surface area contributed by atoms with E-state index in [0.717, 1.165) is 37.3 Å². The van der Waals surface area contributed by atoms with Crippen LogP contribution in [0.2, 0.25) is 0 Å². The predicted octanol–water partition coefficient (Wildman–Crippen LogP) is 3.33. The molecule has 1 heterocycles. The Hall–Kier alpha value is -1.61. The van der Waals surface area contributed by atoms with Crippen molar-refractivity contribution in [1.82, 2.24) is 14.9 Å². The van der Waals surface area contributed by atoms with Crippen LogP contribution in [0.5, 0.6) is 0 Å². The summed E-state index contributed by atoms with van der Waals surface area (Å²) in [5.41, 5.74) is 3.65. The Labute approximate surface area is 121 Å². The third-order valence-electron chi connectivity index (χ3n) is 3.51. The minimum absolute atomic E-state index is 0.513. The molecular formula is C17H25N3. The lowest BCUT2D eigenvalue weighted by Crippen LogP contribution is -2.25. The Kier molecular flexibility index (Phi) is 4.96. The number of rotatable bonds is 7. The molecule has 1 aromatic heterocycles. The third-order valence-corrected chi connectivity index (χ3v) is 3.51. The van der Waals surface area contributed by atoms with E-state index in [0.29, 0.717) is 6.04 Å². The van der Waals surface area contributed by atoms with Gasteiger partial charge in [0.15, 0.2) is 0 Å². The molecule has 2 aromatic rings. The Morgan fingerprint density at radius 3 is 2.85 bits per heavy atom. The Morgan fingerprint density at radius 2 is 2.20 bits per heavy atom. The number of hydrogen-bond donors (Lipinski definition) is 1. The van der Waals surface area contributed by atoms with Gasteiger partial charge in [0, 0.05) is 25.6 Å². The zero-order valence-corrected chi connectivity index (χ0v) is 12.8.